The molecule has 0 aliphatic carbocycles. The number of rotatable bonds is 3. The summed E-state index contributed by atoms with van der Waals surface area (Å²) in [7, 11) is 1.67. The summed E-state index contributed by atoms with van der Waals surface area (Å²) in [5.74, 6) is 0.0921. The zero-order valence-electron chi connectivity index (χ0n) is 12.6. The lowest BCUT2D eigenvalue weighted by molar-refractivity contribution is 0.102. The Morgan fingerprint density at radius 1 is 1.32 bits per heavy atom. The number of carbonyl (C=O) groups is 1. The van der Waals surface area contributed by atoms with Crippen LogP contribution in [0.25, 0.3) is 0 Å². The Morgan fingerprint density at radius 3 is 2.73 bits per heavy atom. The Balaban J connectivity index is 1.76. The van der Waals surface area contributed by atoms with Gasteiger partial charge in [0.05, 0.1) is 13.2 Å². The molecule has 22 heavy (non-hydrogen) atoms. The van der Waals surface area contributed by atoms with Crippen molar-refractivity contribution < 1.29 is 9.53 Å². The molecule has 0 radical (unpaired) electrons. The number of nitrogens with zero attached hydrogens (tertiary/aromatic N) is 5. The van der Waals surface area contributed by atoms with Crippen LogP contribution in [0.15, 0.2) is 18.2 Å². The first-order valence-electron chi connectivity index (χ1n) is 7.12. The van der Waals surface area contributed by atoms with Gasteiger partial charge in [-0.3, -0.25) is 10.1 Å². The Labute approximate surface area is 128 Å². The van der Waals surface area contributed by atoms with Gasteiger partial charge in [-0.25, -0.2) is 4.68 Å². The minimum Gasteiger partial charge on any atom is -0.378 e. The van der Waals surface area contributed by atoms with Crippen LogP contribution >= 0.6 is 0 Å². The van der Waals surface area contributed by atoms with Crippen LogP contribution in [0.1, 0.15) is 15.9 Å². The summed E-state index contributed by atoms with van der Waals surface area (Å²) in [6.45, 7) is 5.22. The van der Waals surface area contributed by atoms with Crippen molar-refractivity contribution >= 4 is 17.5 Å². The first-order valence-corrected chi connectivity index (χ1v) is 7.12. The van der Waals surface area contributed by atoms with E-state index in [1.807, 2.05) is 25.1 Å². The maximum Gasteiger partial charge on any atom is 0.258 e. The lowest BCUT2D eigenvalue weighted by Gasteiger charge is -2.30. The number of ether oxygens (including phenoxy) is 1. The van der Waals surface area contributed by atoms with Crippen molar-refractivity contribution in [3.63, 3.8) is 0 Å². The molecule has 3 rings (SSSR count). The number of anilines is 2. The molecular weight excluding hydrogens is 284 g/mol. The number of hydrogen-bond donors (Lipinski definition) is 1. The molecule has 0 unspecified atom stereocenters. The summed E-state index contributed by atoms with van der Waals surface area (Å²) in [6, 6.07) is 5.67. The molecule has 116 valence electrons. The maximum atomic E-state index is 12.3. The number of amides is 1. The van der Waals surface area contributed by atoms with Gasteiger partial charge in [0.15, 0.2) is 0 Å². The van der Waals surface area contributed by atoms with Crippen LogP contribution in [-0.2, 0) is 11.8 Å². The van der Waals surface area contributed by atoms with Crippen LogP contribution in [-0.4, -0.2) is 52.4 Å². The number of morpholine rings is 1. The van der Waals surface area contributed by atoms with Gasteiger partial charge in [0.2, 0.25) is 5.95 Å². The summed E-state index contributed by atoms with van der Waals surface area (Å²) < 4.78 is 6.78. The predicted octanol–water partition coefficient (Wildman–Crippen LogP) is 0.607. The quantitative estimate of drug-likeness (QED) is 0.894. The zero-order valence-corrected chi connectivity index (χ0v) is 12.6. The second-order valence-electron chi connectivity index (χ2n) is 5.18. The second kappa shape index (κ2) is 6.10. The maximum absolute atomic E-state index is 12.3. The smallest absolute Gasteiger partial charge is 0.258 e. The van der Waals surface area contributed by atoms with Crippen LogP contribution in [0.3, 0.4) is 0 Å². The Hall–Kier alpha value is -2.48. The fourth-order valence-corrected chi connectivity index (χ4v) is 2.46. The minimum atomic E-state index is -0.227. The molecule has 1 aliphatic heterocycles. The highest BCUT2D eigenvalue weighted by molar-refractivity contribution is 6.03. The molecule has 1 aliphatic rings. The third kappa shape index (κ3) is 2.91. The van der Waals surface area contributed by atoms with Crippen molar-refractivity contribution in [2.75, 3.05) is 36.5 Å². The van der Waals surface area contributed by atoms with E-state index in [2.05, 4.69) is 25.7 Å². The Kier molecular flexibility index (Phi) is 4.01. The normalized spacial score (nSPS) is 14.9. The number of tetrazole rings is 1. The van der Waals surface area contributed by atoms with E-state index in [-0.39, 0.29) is 5.91 Å². The average Bonchev–Trinajstić information content (AvgIpc) is 2.93. The minimum absolute atomic E-state index is 0.227. The van der Waals surface area contributed by atoms with E-state index >= 15 is 0 Å². The highest BCUT2D eigenvalue weighted by Crippen LogP contribution is 2.22. The van der Waals surface area contributed by atoms with Gasteiger partial charge in [-0.05, 0) is 41.1 Å². The van der Waals surface area contributed by atoms with Gasteiger partial charge >= 0.3 is 0 Å². The predicted molar refractivity (Wildman–Crippen MR) is 81.0 cm³/mol. The van der Waals surface area contributed by atoms with Crippen LogP contribution < -0.4 is 10.2 Å². The van der Waals surface area contributed by atoms with Crippen LogP contribution in [0.2, 0.25) is 0 Å². The molecule has 1 amide bonds. The molecule has 0 spiro atoms. The van der Waals surface area contributed by atoms with E-state index in [1.165, 1.54) is 4.68 Å². The number of aromatic nitrogens is 4. The Bertz CT molecular complexity index is 678. The molecule has 8 heteroatoms. The van der Waals surface area contributed by atoms with Gasteiger partial charge < -0.3 is 9.64 Å². The highest BCUT2D eigenvalue weighted by Gasteiger charge is 2.16. The third-order valence-corrected chi connectivity index (χ3v) is 3.66. The SMILES string of the molecule is Cc1cc(C(=O)Nc2nnnn2C)ccc1N1CCOCC1. The molecule has 8 nitrogen and oxygen atoms in total. The van der Waals surface area contributed by atoms with Crippen molar-refractivity contribution in [2.45, 2.75) is 6.92 Å². The van der Waals surface area contributed by atoms with Crippen molar-refractivity contribution in [2.24, 2.45) is 7.05 Å². The lowest BCUT2D eigenvalue weighted by Crippen LogP contribution is -2.36. The number of carbonyl (C=O) groups excluding carboxylic acids is 1. The van der Waals surface area contributed by atoms with Crippen molar-refractivity contribution in [3.05, 3.63) is 29.3 Å². The van der Waals surface area contributed by atoms with Gasteiger partial charge in [-0.15, -0.1) is 0 Å². The van der Waals surface area contributed by atoms with Gasteiger partial charge in [0.25, 0.3) is 5.91 Å². The largest absolute Gasteiger partial charge is 0.378 e. The van der Waals surface area contributed by atoms with E-state index in [1.54, 1.807) is 7.05 Å². The topological polar surface area (TPSA) is 85.2 Å². The van der Waals surface area contributed by atoms with Gasteiger partial charge in [-0.1, -0.05) is 5.10 Å². The molecule has 1 fully saturated rings. The molecule has 1 N–H and O–H groups in total. The molecule has 0 saturated carbocycles. The molecule has 2 heterocycles. The molecular formula is C14H18N6O2. The van der Waals surface area contributed by atoms with Crippen LogP contribution in [0, 0.1) is 6.92 Å². The van der Waals surface area contributed by atoms with E-state index in [4.69, 9.17) is 4.74 Å². The summed E-state index contributed by atoms with van der Waals surface area (Å²) in [6.07, 6.45) is 0. The first-order chi connectivity index (χ1) is 10.6. The summed E-state index contributed by atoms with van der Waals surface area (Å²) in [4.78, 5) is 14.5. The molecule has 1 saturated heterocycles. The van der Waals surface area contributed by atoms with Gasteiger partial charge in [0.1, 0.15) is 0 Å². The lowest BCUT2D eigenvalue weighted by atomic mass is 10.1. The van der Waals surface area contributed by atoms with E-state index in [0.29, 0.717) is 11.5 Å². The van der Waals surface area contributed by atoms with Crippen molar-refractivity contribution in [3.8, 4) is 0 Å². The first kappa shape index (κ1) is 14.5. The molecule has 2 aromatic rings. The van der Waals surface area contributed by atoms with E-state index in [0.717, 1.165) is 37.6 Å². The molecule has 0 bridgehead atoms. The Morgan fingerprint density at radius 2 is 2.09 bits per heavy atom. The van der Waals surface area contributed by atoms with Crippen molar-refractivity contribution in [1.29, 1.82) is 0 Å². The number of hydrogen-bond acceptors (Lipinski definition) is 6. The number of nitrogens with one attached hydrogen (secondary N) is 1. The highest BCUT2D eigenvalue weighted by atomic mass is 16.5. The fourth-order valence-electron chi connectivity index (χ4n) is 2.46. The summed E-state index contributed by atoms with van der Waals surface area (Å²) in [5.41, 5.74) is 2.78. The summed E-state index contributed by atoms with van der Waals surface area (Å²) in [5, 5.41) is 13.6. The van der Waals surface area contributed by atoms with Gasteiger partial charge in [-0.2, -0.15) is 0 Å². The average molecular weight is 302 g/mol. The molecule has 1 aromatic carbocycles. The van der Waals surface area contributed by atoms with Crippen molar-refractivity contribution in [1.82, 2.24) is 20.2 Å². The fraction of sp³-hybridized carbons (Fsp3) is 0.429. The van der Waals surface area contributed by atoms with E-state index in [9.17, 15) is 4.79 Å². The number of benzene rings is 1. The molecule has 0 atom stereocenters. The van der Waals surface area contributed by atoms with E-state index < -0.39 is 0 Å². The van der Waals surface area contributed by atoms with Crippen LogP contribution in [0.4, 0.5) is 11.6 Å². The zero-order chi connectivity index (χ0) is 15.5. The van der Waals surface area contributed by atoms with Crippen LogP contribution in [0.5, 0.6) is 0 Å². The standard InChI is InChI=1S/C14H18N6O2/c1-10-9-11(13(21)15-14-16-17-18-19(14)2)3-4-12(10)20-5-7-22-8-6-20/h3-4,9H,5-8H2,1-2H3,(H,15,16,18,21). The monoisotopic (exact) mass is 302 g/mol. The number of aryl methyl sites for hydroxylation is 2. The van der Waals surface area contributed by atoms with Gasteiger partial charge in [0, 0.05) is 31.4 Å². The third-order valence-electron chi connectivity index (χ3n) is 3.66. The second-order valence-corrected chi connectivity index (χ2v) is 5.18. The molecule has 1 aromatic heterocycles. The summed E-state index contributed by atoms with van der Waals surface area (Å²) >= 11 is 0.